The number of imidazole rings is 1. The second-order valence-corrected chi connectivity index (χ2v) is 11.1. The molecule has 1 fully saturated rings. The molecule has 14 heteroatoms. The standard InChI is InChI=1S/C24H31FN5O7P/c1-14(2)35-22(32)15(3)29-38(33,37-17-9-7-6-8-10-17)34-12-19-20(31)24(5,25)23(36-19)30-13-27-18-11-26-16(4)28-21(18)30/h6-11,13-15,19-20,23,31H,12H2,1-5H3,(H,29,33)/t15-,19-,20-,23-,24-,38-/m1/s1. The molecular weight excluding hydrogens is 520 g/mol. The monoisotopic (exact) mass is 551 g/mol. The molecule has 6 atom stereocenters. The first-order chi connectivity index (χ1) is 17.9. The number of fused-ring (bicyclic) bond motifs is 1. The van der Waals surface area contributed by atoms with E-state index < -0.39 is 56.6 Å². The summed E-state index contributed by atoms with van der Waals surface area (Å²) < 4.78 is 53.1. The molecule has 0 bridgehead atoms. The number of halogens is 1. The first kappa shape index (κ1) is 28.1. The number of alkyl halides is 1. The number of carbonyl (C=O) groups is 1. The molecule has 0 spiro atoms. The summed E-state index contributed by atoms with van der Waals surface area (Å²) in [4.78, 5) is 24.9. The van der Waals surface area contributed by atoms with Crippen LogP contribution in [0.2, 0.25) is 0 Å². The van der Waals surface area contributed by atoms with Gasteiger partial charge >= 0.3 is 13.7 Å². The van der Waals surface area contributed by atoms with Crippen LogP contribution in [0.3, 0.4) is 0 Å². The van der Waals surface area contributed by atoms with Gasteiger partial charge in [-0.3, -0.25) is 13.9 Å². The van der Waals surface area contributed by atoms with Gasteiger partial charge in [0, 0.05) is 0 Å². The number of rotatable bonds is 10. The smallest absolute Gasteiger partial charge is 0.459 e. The van der Waals surface area contributed by atoms with E-state index >= 15 is 4.39 Å². The van der Waals surface area contributed by atoms with Crippen LogP contribution in [-0.2, 0) is 23.4 Å². The number of carbonyl (C=O) groups excluding carboxylic acids is 1. The quantitative estimate of drug-likeness (QED) is 0.283. The van der Waals surface area contributed by atoms with Gasteiger partial charge in [0.05, 0.1) is 25.2 Å². The van der Waals surface area contributed by atoms with E-state index in [1.54, 1.807) is 51.1 Å². The van der Waals surface area contributed by atoms with Crippen molar-refractivity contribution in [3.8, 4) is 5.75 Å². The lowest BCUT2D eigenvalue weighted by molar-refractivity contribution is -0.149. The van der Waals surface area contributed by atoms with E-state index in [1.807, 2.05) is 0 Å². The number of aryl methyl sites for hydroxylation is 1. The molecule has 206 valence electrons. The highest BCUT2D eigenvalue weighted by Crippen LogP contribution is 2.48. The van der Waals surface area contributed by atoms with E-state index in [0.717, 1.165) is 0 Å². The average Bonchev–Trinajstić information content (AvgIpc) is 3.35. The van der Waals surface area contributed by atoms with Crippen LogP contribution < -0.4 is 9.61 Å². The van der Waals surface area contributed by atoms with Crippen LogP contribution in [0.5, 0.6) is 5.75 Å². The molecule has 12 nitrogen and oxygen atoms in total. The zero-order valence-corrected chi connectivity index (χ0v) is 22.5. The highest BCUT2D eigenvalue weighted by atomic mass is 31.2. The molecular formula is C24H31FN5O7P. The van der Waals surface area contributed by atoms with Crippen molar-refractivity contribution in [2.75, 3.05) is 6.61 Å². The molecule has 1 saturated heterocycles. The number of nitrogens with zero attached hydrogens (tertiary/aromatic N) is 4. The highest BCUT2D eigenvalue weighted by Gasteiger charge is 2.56. The normalized spacial score (nSPS) is 25.8. The molecule has 1 aliphatic rings. The van der Waals surface area contributed by atoms with Crippen LogP contribution in [0.25, 0.3) is 11.2 Å². The number of aromatic nitrogens is 4. The fourth-order valence-electron chi connectivity index (χ4n) is 3.94. The van der Waals surface area contributed by atoms with Crippen molar-refractivity contribution in [1.29, 1.82) is 0 Å². The van der Waals surface area contributed by atoms with Gasteiger partial charge in [-0.05, 0) is 46.8 Å². The number of hydrogen-bond acceptors (Lipinski definition) is 10. The maximum Gasteiger partial charge on any atom is 0.459 e. The minimum Gasteiger partial charge on any atom is -0.462 e. The minimum absolute atomic E-state index is 0.203. The van der Waals surface area contributed by atoms with Crippen molar-refractivity contribution in [3.05, 3.63) is 48.7 Å². The Morgan fingerprint density at radius 1 is 1.29 bits per heavy atom. The number of aliphatic hydroxyl groups excluding tert-OH is 1. The Balaban J connectivity index is 1.54. The Bertz CT molecular complexity index is 1320. The van der Waals surface area contributed by atoms with E-state index in [-0.39, 0.29) is 5.75 Å². The molecule has 2 N–H and O–H groups in total. The summed E-state index contributed by atoms with van der Waals surface area (Å²) in [6, 6.07) is 7.11. The molecule has 0 aliphatic carbocycles. The molecule has 3 aromatic rings. The first-order valence-electron chi connectivity index (χ1n) is 12.1. The summed E-state index contributed by atoms with van der Waals surface area (Å²) in [5.74, 6) is -0.0134. The van der Waals surface area contributed by atoms with Gasteiger partial charge in [0.2, 0.25) is 0 Å². The Morgan fingerprint density at radius 2 is 2.00 bits per heavy atom. The average molecular weight is 552 g/mol. The molecule has 38 heavy (non-hydrogen) atoms. The zero-order valence-electron chi connectivity index (χ0n) is 21.6. The SMILES string of the molecule is Cc1ncc2ncn([C@@H]3O[C@H](CO[P@](=O)(N[C@H](C)C(=O)OC(C)C)Oc4ccccc4)[C@@H](O)[C@@]3(C)F)c2n1. The third kappa shape index (κ3) is 6.02. The van der Waals surface area contributed by atoms with Crippen molar-refractivity contribution in [2.45, 2.75) is 70.9 Å². The Hall–Kier alpha value is -2.96. The van der Waals surface area contributed by atoms with Crippen LogP contribution in [0.1, 0.15) is 39.7 Å². The van der Waals surface area contributed by atoms with E-state index in [2.05, 4.69) is 20.0 Å². The predicted molar refractivity (Wildman–Crippen MR) is 134 cm³/mol. The molecule has 0 radical (unpaired) electrons. The lowest BCUT2D eigenvalue weighted by Gasteiger charge is -2.25. The van der Waals surface area contributed by atoms with Gasteiger partial charge in [-0.25, -0.2) is 23.9 Å². The maximum atomic E-state index is 15.8. The van der Waals surface area contributed by atoms with E-state index in [0.29, 0.717) is 17.0 Å². The minimum atomic E-state index is -4.25. The fourth-order valence-corrected chi connectivity index (χ4v) is 5.44. The molecule has 3 heterocycles. The second kappa shape index (κ2) is 11.0. The lowest BCUT2D eigenvalue weighted by atomic mass is 9.98. The van der Waals surface area contributed by atoms with Gasteiger partial charge < -0.3 is 19.1 Å². The number of aliphatic hydroxyl groups is 1. The molecule has 1 aliphatic heterocycles. The van der Waals surface area contributed by atoms with Crippen molar-refractivity contribution in [3.63, 3.8) is 0 Å². The summed E-state index contributed by atoms with van der Waals surface area (Å²) in [7, 11) is -4.25. The van der Waals surface area contributed by atoms with Gasteiger partial charge in [-0.1, -0.05) is 18.2 Å². The van der Waals surface area contributed by atoms with Crippen molar-refractivity contribution in [1.82, 2.24) is 24.6 Å². The third-order valence-corrected chi connectivity index (χ3v) is 7.48. The number of ether oxygens (including phenoxy) is 2. The van der Waals surface area contributed by atoms with Crippen LogP contribution in [0.4, 0.5) is 4.39 Å². The molecule has 4 rings (SSSR count). The van der Waals surface area contributed by atoms with Crippen LogP contribution in [-0.4, -0.2) is 67.2 Å². The van der Waals surface area contributed by atoms with Crippen LogP contribution in [0.15, 0.2) is 42.9 Å². The summed E-state index contributed by atoms with van der Waals surface area (Å²) in [5, 5.41) is 13.3. The van der Waals surface area contributed by atoms with Crippen molar-refractivity contribution in [2.24, 2.45) is 0 Å². The number of nitrogens with one attached hydrogen (secondary N) is 1. The third-order valence-electron chi connectivity index (χ3n) is 5.84. The van der Waals surface area contributed by atoms with Crippen molar-refractivity contribution < 1.29 is 37.4 Å². The Kier molecular flexibility index (Phi) is 8.15. The van der Waals surface area contributed by atoms with Gasteiger partial charge in [0.15, 0.2) is 17.5 Å². The van der Waals surface area contributed by atoms with Gasteiger partial charge in [0.1, 0.15) is 35.3 Å². The molecule has 0 unspecified atom stereocenters. The second-order valence-electron chi connectivity index (χ2n) is 9.43. The lowest BCUT2D eigenvalue weighted by Crippen LogP contribution is -2.41. The Labute approximate surface area is 219 Å². The Morgan fingerprint density at radius 3 is 2.68 bits per heavy atom. The predicted octanol–water partition coefficient (Wildman–Crippen LogP) is 3.25. The summed E-state index contributed by atoms with van der Waals surface area (Å²) in [6.45, 7) is 7.15. The van der Waals surface area contributed by atoms with E-state index in [1.165, 1.54) is 30.9 Å². The number of para-hydroxylation sites is 1. The number of esters is 1. The first-order valence-corrected chi connectivity index (χ1v) is 13.6. The largest absolute Gasteiger partial charge is 0.462 e. The molecule has 2 aromatic heterocycles. The summed E-state index contributed by atoms with van der Waals surface area (Å²) in [6.07, 6.45) is -1.76. The van der Waals surface area contributed by atoms with E-state index in [9.17, 15) is 14.5 Å². The van der Waals surface area contributed by atoms with E-state index in [4.69, 9.17) is 18.5 Å². The molecule has 0 amide bonds. The molecule has 0 saturated carbocycles. The number of hydrogen-bond donors (Lipinski definition) is 2. The van der Waals surface area contributed by atoms with Gasteiger partial charge in [-0.2, -0.15) is 5.09 Å². The number of benzene rings is 1. The van der Waals surface area contributed by atoms with Crippen LogP contribution in [0, 0.1) is 6.92 Å². The summed E-state index contributed by atoms with van der Waals surface area (Å²) >= 11 is 0. The van der Waals surface area contributed by atoms with Crippen molar-refractivity contribution >= 4 is 24.9 Å². The fraction of sp³-hybridized carbons (Fsp3) is 0.500. The van der Waals surface area contributed by atoms with Crippen LogP contribution >= 0.6 is 7.75 Å². The zero-order chi connectivity index (χ0) is 27.7. The highest BCUT2D eigenvalue weighted by molar-refractivity contribution is 7.52. The van der Waals surface area contributed by atoms with Gasteiger partial charge in [0.25, 0.3) is 0 Å². The summed E-state index contributed by atoms with van der Waals surface area (Å²) in [5.41, 5.74) is -1.53. The molecule has 1 aromatic carbocycles. The maximum absolute atomic E-state index is 15.8. The topological polar surface area (TPSA) is 147 Å². The van der Waals surface area contributed by atoms with Gasteiger partial charge in [-0.15, -0.1) is 0 Å².